The summed E-state index contributed by atoms with van der Waals surface area (Å²) in [4.78, 5) is 15.6. The van der Waals surface area contributed by atoms with E-state index in [1.807, 2.05) is 36.4 Å². The Labute approximate surface area is 129 Å². The molecule has 22 heavy (non-hydrogen) atoms. The van der Waals surface area contributed by atoms with Gasteiger partial charge in [-0.25, -0.2) is 4.98 Å². The lowest BCUT2D eigenvalue weighted by atomic mass is 9.80. The van der Waals surface area contributed by atoms with Crippen LogP contribution in [0.5, 0.6) is 5.88 Å². The third kappa shape index (κ3) is 3.34. The van der Waals surface area contributed by atoms with Gasteiger partial charge < -0.3 is 9.84 Å². The minimum Gasteiger partial charge on any atom is -0.473 e. The summed E-state index contributed by atoms with van der Waals surface area (Å²) in [6.45, 7) is 0.464. The molecule has 4 heteroatoms. The van der Waals surface area contributed by atoms with Crippen molar-refractivity contribution in [1.29, 1.82) is 0 Å². The van der Waals surface area contributed by atoms with Crippen LogP contribution in [-0.4, -0.2) is 15.9 Å². The molecule has 4 nitrogen and oxygen atoms in total. The Morgan fingerprint density at radius 3 is 2.45 bits per heavy atom. The Kier molecular flexibility index (Phi) is 4.20. The van der Waals surface area contributed by atoms with Gasteiger partial charge in [0.25, 0.3) is 0 Å². The van der Waals surface area contributed by atoms with Gasteiger partial charge in [-0.15, -0.1) is 0 Å². The van der Waals surface area contributed by atoms with Gasteiger partial charge in [-0.1, -0.05) is 30.3 Å². The fourth-order valence-electron chi connectivity index (χ4n) is 2.70. The maximum Gasteiger partial charge on any atom is 0.213 e. The minimum atomic E-state index is -0.932. The monoisotopic (exact) mass is 297 g/mol. The molecule has 0 unspecified atom stereocenters. The second-order valence-electron chi connectivity index (χ2n) is 5.73. The van der Waals surface area contributed by atoms with Gasteiger partial charge in [-0.2, -0.15) is 0 Å². The normalized spacial score (nSPS) is 17.2. The molecule has 0 spiro atoms. The van der Waals surface area contributed by atoms with Crippen LogP contribution in [0.4, 0.5) is 0 Å². The van der Waals surface area contributed by atoms with Gasteiger partial charge >= 0.3 is 0 Å². The van der Waals surface area contributed by atoms with E-state index in [1.54, 1.807) is 12.3 Å². The zero-order chi connectivity index (χ0) is 15.4. The number of Topliss-reactive ketones (excluding diaryl/α,β-unsaturated/α-hetero) is 1. The van der Waals surface area contributed by atoms with Crippen LogP contribution < -0.4 is 4.74 Å². The van der Waals surface area contributed by atoms with Crippen molar-refractivity contribution >= 4 is 5.78 Å². The molecule has 0 amide bonds. The first kappa shape index (κ1) is 14.7. The number of ketones is 1. The zero-order valence-electron chi connectivity index (χ0n) is 12.4. The Balaban J connectivity index is 1.64. The van der Waals surface area contributed by atoms with Crippen molar-refractivity contribution in [2.24, 2.45) is 0 Å². The van der Waals surface area contributed by atoms with E-state index >= 15 is 0 Å². The molecule has 1 aliphatic rings. The second kappa shape index (κ2) is 6.28. The average Bonchev–Trinajstić information content (AvgIpc) is 2.57. The number of nitrogens with zero attached hydrogens (tertiary/aromatic N) is 1. The van der Waals surface area contributed by atoms with Crippen LogP contribution in [-0.2, 0) is 17.0 Å². The molecular weight excluding hydrogens is 278 g/mol. The van der Waals surface area contributed by atoms with Crippen molar-refractivity contribution in [3.05, 3.63) is 59.8 Å². The third-order valence-electron chi connectivity index (χ3n) is 4.14. The Morgan fingerprint density at radius 2 is 1.82 bits per heavy atom. The van der Waals surface area contributed by atoms with Crippen LogP contribution >= 0.6 is 0 Å². The van der Waals surface area contributed by atoms with Crippen molar-refractivity contribution in [1.82, 2.24) is 4.98 Å². The number of hydrogen-bond acceptors (Lipinski definition) is 4. The molecule has 1 aromatic heterocycles. The summed E-state index contributed by atoms with van der Waals surface area (Å²) in [6, 6.07) is 13.5. The van der Waals surface area contributed by atoms with Crippen molar-refractivity contribution in [3.63, 3.8) is 0 Å². The van der Waals surface area contributed by atoms with Gasteiger partial charge in [0.05, 0.1) is 5.60 Å². The highest BCUT2D eigenvalue weighted by molar-refractivity contribution is 5.79. The smallest absolute Gasteiger partial charge is 0.213 e. The Morgan fingerprint density at radius 1 is 1.09 bits per heavy atom. The first-order valence-electron chi connectivity index (χ1n) is 7.53. The molecule has 2 aromatic rings. The number of rotatable bonds is 4. The van der Waals surface area contributed by atoms with Crippen LogP contribution in [0.2, 0.25) is 0 Å². The van der Waals surface area contributed by atoms with E-state index in [0.717, 1.165) is 11.1 Å². The summed E-state index contributed by atoms with van der Waals surface area (Å²) < 4.78 is 5.64. The quantitative estimate of drug-likeness (QED) is 0.942. The molecule has 1 N–H and O–H groups in total. The molecule has 0 atom stereocenters. The number of benzene rings is 1. The predicted octanol–water partition coefficient (Wildman–Crippen LogP) is 2.99. The van der Waals surface area contributed by atoms with E-state index in [4.69, 9.17) is 4.74 Å². The van der Waals surface area contributed by atoms with E-state index in [1.165, 1.54) is 0 Å². The van der Waals surface area contributed by atoms with E-state index < -0.39 is 5.60 Å². The van der Waals surface area contributed by atoms with Gasteiger partial charge in [0, 0.05) is 30.7 Å². The lowest BCUT2D eigenvalue weighted by Crippen LogP contribution is -2.31. The van der Waals surface area contributed by atoms with Gasteiger partial charge in [0.2, 0.25) is 5.88 Å². The van der Waals surface area contributed by atoms with Crippen LogP contribution in [0.25, 0.3) is 0 Å². The fraction of sp³-hybridized carbons (Fsp3) is 0.333. The molecule has 1 heterocycles. The van der Waals surface area contributed by atoms with Crippen molar-refractivity contribution in [2.45, 2.75) is 37.9 Å². The highest BCUT2D eigenvalue weighted by Gasteiger charge is 2.34. The number of hydrogen-bond donors (Lipinski definition) is 1. The van der Waals surface area contributed by atoms with Crippen LogP contribution in [0, 0.1) is 0 Å². The number of carbonyl (C=O) groups excluding carboxylic acids is 1. The number of aliphatic hydroxyl groups is 1. The second-order valence-corrected chi connectivity index (χ2v) is 5.73. The van der Waals surface area contributed by atoms with Gasteiger partial charge in [0.15, 0.2) is 0 Å². The molecule has 3 rings (SSSR count). The molecule has 1 aromatic carbocycles. The highest BCUT2D eigenvalue weighted by atomic mass is 16.5. The van der Waals surface area contributed by atoms with E-state index in [9.17, 15) is 9.90 Å². The molecular formula is C18H19NO3. The van der Waals surface area contributed by atoms with Gasteiger partial charge in [-0.05, 0) is 24.5 Å². The van der Waals surface area contributed by atoms with Crippen molar-refractivity contribution in [2.75, 3.05) is 0 Å². The molecule has 1 saturated carbocycles. The van der Waals surface area contributed by atoms with E-state index in [-0.39, 0.29) is 5.78 Å². The summed E-state index contributed by atoms with van der Waals surface area (Å²) in [5.74, 6) is 0.753. The standard InChI is InChI=1S/C18H19NO3/c20-16-8-10-18(21,11-9-16)15-6-7-17(19-12-15)22-13-14-4-2-1-3-5-14/h1-7,12,21H,8-11,13H2. The van der Waals surface area contributed by atoms with Crippen LogP contribution in [0.3, 0.4) is 0 Å². The number of aromatic nitrogens is 1. The molecule has 0 radical (unpaired) electrons. The lowest BCUT2D eigenvalue weighted by molar-refractivity contribution is -0.125. The summed E-state index contributed by atoms with van der Waals surface area (Å²) in [7, 11) is 0. The van der Waals surface area contributed by atoms with E-state index in [2.05, 4.69) is 4.98 Å². The predicted molar refractivity (Wildman–Crippen MR) is 82.4 cm³/mol. The topological polar surface area (TPSA) is 59.4 Å². The summed E-state index contributed by atoms with van der Waals surface area (Å²) in [5.41, 5.74) is 0.906. The highest BCUT2D eigenvalue weighted by Crippen LogP contribution is 2.35. The molecule has 114 valence electrons. The molecule has 0 aliphatic heterocycles. The zero-order valence-corrected chi connectivity index (χ0v) is 12.4. The summed E-state index contributed by atoms with van der Waals surface area (Å²) in [6.07, 6.45) is 3.46. The number of ether oxygens (including phenoxy) is 1. The number of carbonyl (C=O) groups is 1. The molecule has 1 aliphatic carbocycles. The maximum atomic E-state index is 11.3. The van der Waals surface area contributed by atoms with Crippen molar-refractivity contribution in [3.8, 4) is 5.88 Å². The van der Waals surface area contributed by atoms with Crippen molar-refractivity contribution < 1.29 is 14.6 Å². The molecule has 0 saturated heterocycles. The van der Waals surface area contributed by atoms with Crippen LogP contribution in [0.15, 0.2) is 48.7 Å². The third-order valence-corrected chi connectivity index (χ3v) is 4.14. The SMILES string of the molecule is O=C1CCC(O)(c2ccc(OCc3ccccc3)nc2)CC1. The molecule has 1 fully saturated rings. The fourth-order valence-corrected chi connectivity index (χ4v) is 2.70. The largest absolute Gasteiger partial charge is 0.473 e. The minimum absolute atomic E-state index is 0.223. The van der Waals surface area contributed by atoms with Gasteiger partial charge in [0.1, 0.15) is 12.4 Å². The van der Waals surface area contributed by atoms with Crippen LogP contribution in [0.1, 0.15) is 36.8 Å². The number of pyridine rings is 1. The summed E-state index contributed by atoms with van der Waals surface area (Å²) >= 11 is 0. The summed E-state index contributed by atoms with van der Waals surface area (Å²) in [5, 5.41) is 10.6. The average molecular weight is 297 g/mol. The Hall–Kier alpha value is -2.20. The van der Waals surface area contributed by atoms with E-state index in [0.29, 0.717) is 38.2 Å². The first-order valence-corrected chi connectivity index (χ1v) is 7.53. The molecule has 0 bridgehead atoms. The Bertz CT molecular complexity index is 627. The first-order chi connectivity index (χ1) is 10.7. The lowest BCUT2D eigenvalue weighted by Gasteiger charge is -2.31. The maximum absolute atomic E-state index is 11.3. The van der Waals surface area contributed by atoms with Gasteiger partial charge in [-0.3, -0.25) is 4.79 Å².